The van der Waals surface area contributed by atoms with Gasteiger partial charge in [0.25, 0.3) is 0 Å². The van der Waals surface area contributed by atoms with Crippen LogP contribution >= 0.6 is 0 Å². The predicted octanol–water partition coefficient (Wildman–Crippen LogP) is 5.07. The minimum atomic E-state index is 0.0172. The van der Waals surface area contributed by atoms with E-state index in [9.17, 15) is 4.79 Å². The fourth-order valence-electron chi connectivity index (χ4n) is 6.24. The first kappa shape index (κ1) is 13.8. The van der Waals surface area contributed by atoms with Crippen LogP contribution in [0.15, 0.2) is 23.3 Å². The zero-order chi connectivity index (χ0) is 14.8. The lowest BCUT2D eigenvalue weighted by Crippen LogP contribution is -2.49. The van der Waals surface area contributed by atoms with Crippen LogP contribution in [0.4, 0.5) is 0 Å². The van der Waals surface area contributed by atoms with Crippen molar-refractivity contribution in [3.63, 3.8) is 0 Å². The van der Waals surface area contributed by atoms with Crippen molar-refractivity contribution in [1.29, 1.82) is 0 Å². The van der Waals surface area contributed by atoms with Crippen LogP contribution in [-0.2, 0) is 4.79 Å². The highest BCUT2D eigenvalue weighted by Gasteiger charge is 2.57. The number of fused-ring (bicyclic) bond motifs is 5. The molecule has 5 atom stereocenters. The summed E-state index contributed by atoms with van der Waals surface area (Å²) in [6, 6.07) is 0. The first-order chi connectivity index (χ1) is 9.95. The van der Waals surface area contributed by atoms with E-state index in [4.69, 9.17) is 0 Å². The van der Waals surface area contributed by atoms with Crippen molar-refractivity contribution in [1.82, 2.24) is 0 Å². The summed E-state index contributed by atoms with van der Waals surface area (Å²) >= 11 is 0. The van der Waals surface area contributed by atoms with Crippen molar-refractivity contribution in [2.75, 3.05) is 0 Å². The van der Waals surface area contributed by atoms with Gasteiger partial charge in [0, 0.05) is 11.8 Å². The number of hydrogen-bond donors (Lipinski definition) is 0. The molecule has 0 spiro atoms. The Labute approximate surface area is 128 Å². The number of hydrogen-bond acceptors (Lipinski definition) is 1. The smallest absolute Gasteiger partial charge is 0.139 e. The highest BCUT2D eigenvalue weighted by molar-refractivity contribution is 5.87. The molecule has 0 aliphatic heterocycles. The molecule has 114 valence electrons. The Kier molecular flexibility index (Phi) is 2.85. The Hall–Kier alpha value is -0.850. The molecule has 0 aromatic rings. The van der Waals surface area contributed by atoms with Crippen molar-refractivity contribution in [3.8, 4) is 0 Å². The lowest BCUT2D eigenvalue weighted by molar-refractivity contribution is -0.131. The standard InChI is InChI=1S/C20H28O/c1-13-8-10-19(2)14(12-13)4-5-15-16-6-7-18(21)20(16,3)11-9-17(15)19/h4,12,15-17H,5-11H2,1-3H3/t15-,16-,17-,19-,20-/m0/s1. The molecule has 0 saturated heterocycles. The van der Waals surface area contributed by atoms with Crippen LogP contribution in [0.3, 0.4) is 0 Å². The maximum Gasteiger partial charge on any atom is 0.139 e. The van der Waals surface area contributed by atoms with Crippen molar-refractivity contribution >= 4 is 5.78 Å². The molecule has 0 radical (unpaired) electrons. The maximum atomic E-state index is 12.4. The molecule has 0 heterocycles. The molecule has 0 amide bonds. The van der Waals surface area contributed by atoms with E-state index in [0.29, 0.717) is 17.1 Å². The van der Waals surface area contributed by atoms with E-state index in [0.717, 1.165) is 31.1 Å². The Balaban J connectivity index is 1.73. The molecular weight excluding hydrogens is 256 g/mol. The highest BCUT2D eigenvalue weighted by atomic mass is 16.1. The summed E-state index contributed by atoms with van der Waals surface area (Å²) in [7, 11) is 0. The zero-order valence-corrected chi connectivity index (χ0v) is 13.7. The fraction of sp³-hybridized carbons (Fsp3) is 0.750. The SMILES string of the molecule is CC1=CC2=CC[C@@H]3[C@H](CC[C@]4(C)C(=O)CC[C@@H]34)[C@@]2(C)CC1. The van der Waals surface area contributed by atoms with E-state index in [-0.39, 0.29) is 5.41 Å². The van der Waals surface area contributed by atoms with Gasteiger partial charge in [0.1, 0.15) is 5.78 Å². The molecule has 1 nitrogen and oxygen atoms in total. The number of Topliss-reactive ketones (excluding diaryl/α,β-unsaturated/α-hetero) is 1. The molecule has 0 bridgehead atoms. The van der Waals surface area contributed by atoms with Gasteiger partial charge in [0.15, 0.2) is 0 Å². The summed E-state index contributed by atoms with van der Waals surface area (Å²) < 4.78 is 0. The van der Waals surface area contributed by atoms with Gasteiger partial charge in [-0.3, -0.25) is 4.79 Å². The Morgan fingerprint density at radius 3 is 2.62 bits per heavy atom. The molecule has 0 N–H and O–H groups in total. The molecule has 1 heteroatoms. The normalized spacial score (nSPS) is 48.9. The number of carbonyl (C=O) groups excluding carboxylic acids is 1. The van der Waals surface area contributed by atoms with Crippen LogP contribution in [0, 0.1) is 28.6 Å². The average molecular weight is 284 g/mol. The second-order valence-corrected chi connectivity index (χ2v) is 8.60. The van der Waals surface area contributed by atoms with Crippen molar-refractivity contribution in [2.45, 2.75) is 65.7 Å². The first-order valence-corrected chi connectivity index (χ1v) is 8.86. The summed E-state index contributed by atoms with van der Waals surface area (Å²) in [6.45, 7) is 7.06. The van der Waals surface area contributed by atoms with Crippen LogP contribution < -0.4 is 0 Å². The lowest BCUT2D eigenvalue weighted by Gasteiger charge is -2.55. The fourth-order valence-corrected chi connectivity index (χ4v) is 6.24. The summed E-state index contributed by atoms with van der Waals surface area (Å²) in [5.74, 6) is 2.79. The predicted molar refractivity (Wildman–Crippen MR) is 85.9 cm³/mol. The second-order valence-electron chi connectivity index (χ2n) is 8.60. The Bertz CT molecular complexity index is 554. The van der Waals surface area contributed by atoms with Crippen LogP contribution in [0.5, 0.6) is 0 Å². The number of ketones is 1. The van der Waals surface area contributed by atoms with Gasteiger partial charge in [-0.2, -0.15) is 0 Å². The Morgan fingerprint density at radius 1 is 1.05 bits per heavy atom. The molecule has 21 heavy (non-hydrogen) atoms. The third-order valence-electron chi connectivity index (χ3n) is 7.67. The average Bonchev–Trinajstić information content (AvgIpc) is 2.76. The molecule has 0 aromatic carbocycles. The van der Waals surface area contributed by atoms with Crippen molar-refractivity contribution in [3.05, 3.63) is 23.3 Å². The third kappa shape index (κ3) is 1.72. The summed E-state index contributed by atoms with van der Waals surface area (Å²) in [5.41, 5.74) is 3.56. The zero-order valence-electron chi connectivity index (χ0n) is 13.7. The third-order valence-corrected chi connectivity index (χ3v) is 7.67. The van der Waals surface area contributed by atoms with E-state index >= 15 is 0 Å². The minimum absolute atomic E-state index is 0.0172. The van der Waals surface area contributed by atoms with Crippen LogP contribution in [0.25, 0.3) is 0 Å². The molecule has 2 saturated carbocycles. The second kappa shape index (κ2) is 4.33. The molecule has 0 aromatic heterocycles. The van der Waals surface area contributed by atoms with E-state index in [2.05, 4.69) is 32.9 Å². The van der Waals surface area contributed by atoms with Crippen molar-refractivity contribution < 1.29 is 4.79 Å². The lowest BCUT2D eigenvalue weighted by atomic mass is 9.48. The molecule has 4 aliphatic rings. The van der Waals surface area contributed by atoms with Crippen LogP contribution in [0.1, 0.15) is 65.7 Å². The first-order valence-electron chi connectivity index (χ1n) is 8.86. The van der Waals surface area contributed by atoms with Gasteiger partial charge in [-0.1, -0.05) is 31.6 Å². The number of allylic oxidation sites excluding steroid dienone is 4. The number of carbonyl (C=O) groups is 1. The monoisotopic (exact) mass is 284 g/mol. The maximum absolute atomic E-state index is 12.4. The molecule has 0 unspecified atom stereocenters. The van der Waals surface area contributed by atoms with Gasteiger partial charge < -0.3 is 0 Å². The van der Waals surface area contributed by atoms with E-state index in [1.165, 1.54) is 25.7 Å². The van der Waals surface area contributed by atoms with Gasteiger partial charge >= 0.3 is 0 Å². The largest absolute Gasteiger partial charge is 0.299 e. The van der Waals surface area contributed by atoms with Crippen molar-refractivity contribution in [2.24, 2.45) is 28.6 Å². The van der Waals surface area contributed by atoms with E-state index < -0.39 is 0 Å². The number of rotatable bonds is 0. The molecule has 2 fully saturated rings. The quantitative estimate of drug-likeness (QED) is 0.606. The van der Waals surface area contributed by atoms with Crippen LogP contribution in [0.2, 0.25) is 0 Å². The minimum Gasteiger partial charge on any atom is -0.299 e. The van der Waals surface area contributed by atoms with Gasteiger partial charge in [0.2, 0.25) is 0 Å². The summed E-state index contributed by atoms with van der Waals surface area (Å²) in [4.78, 5) is 12.4. The van der Waals surface area contributed by atoms with Gasteiger partial charge in [-0.15, -0.1) is 0 Å². The molecular formula is C20H28O. The summed E-state index contributed by atoms with van der Waals surface area (Å²) in [5, 5.41) is 0. The van der Waals surface area contributed by atoms with Gasteiger partial charge in [0.05, 0.1) is 0 Å². The van der Waals surface area contributed by atoms with Gasteiger partial charge in [-0.05, 0) is 74.2 Å². The molecule has 4 aliphatic carbocycles. The molecule has 4 rings (SSSR count). The van der Waals surface area contributed by atoms with E-state index in [1.807, 2.05) is 0 Å². The van der Waals surface area contributed by atoms with E-state index in [1.54, 1.807) is 11.1 Å². The topological polar surface area (TPSA) is 17.1 Å². The highest BCUT2D eigenvalue weighted by Crippen LogP contribution is 2.63. The van der Waals surface area contributed by atoms with Crippen LogP contribution in [-0.4, -0.2) is 5.78 Å². The summed E-state index contributed by atoms with van der Waals surface area (Å²) in [6.07, 6.45) is 13.2. The Morgan fingerprint density at radius 2 is 1.81 bits per heavy atom. The van der Waals surface area contributed by atoms with Gasteiger partial charge in [-0.25, -0.2) is 0 Å².